The van der Waals surface area contributed by atoms with E-state index in [4.69, 9.17) is 4.74 Å². The van der Waals surface area contributed by atoms with Crippen molar-refractivity contribution in [2.24, 2.45) is 0 Å². The third kappa shape index (κ3) is 2.36. The van der Waals surface area contributed by atoms with Crippen LogP contribution in [-0.2, 0) is 9.53 Å². The second-order valence-corrected chi connectivity index (χ2v) is 5.04. The highest BCUT2D eigenvalue weighted by molar-refractivity contribution is 6.03. The fourth-order valence-corrected chi connectivity index (χ4v) is 2.51. The first-order valence-electron chi connectivity index (χ1n) is 6.68. The topological polar surface area (TPSA) is 92.9 Å². The lowest BCUT2D eigenvalue weighted by molar-refractivity contribution is -0.148. The molecule has 0 aliphatic carbocycles. The average Bonchev–Trinajstić information content (AvgIpc) is 2.92. The van der Waals surface area contributed by atoms with Gasteiger partial charge in [-0.1, -0.05) is 6.07 Å². The maximum absolute atomic E-state index is 12.4. The molecule has 0 radical (unpaired) electrons. The van der Waals surface area contributed by atoms with E-state index in [2.05, 4.69) is 10.4 Å². The maximum Gasteiger partial charge on any atom is 0.329 e. The summed E-state index contributed by atoms with van der Waals surface area (Å²) >= 11 is 0. The van der Waals surface area contributed by atoms with Gasteiger partial charge in [0.25, 0.3) is 5.91 Å². The molecule has 2 N–H and O–H groups in total. The number of pyridine rings is 1. The summed E-state index contributed by atoms with van der Waals surface area (Å²) in [5, 5.41) is 16.2. The number of rotatable bonds is 3. The molecule has 0 spiro atoms. The molecular formula is C14H15N3O4. The Bertz CT molecular complexity index is 688. The molecule has 7 heteroatoms. The van der Waals surface area contributed by atoms with Gasteiger partial charge in [-0.2, -0.15) is 5.10 Å². The minimum absolute atomic E-state index is 0.257. The number of carboxylic acids is 1. The number of carboxylic acid groups (broad SMARTS) is 1. The number of hydrogen-bond acceptors (Lipinski definition) is 4. The normalized spacial score (nSPS) is 17.5. The maximum atomic E-state index is 12.4. The Kier molecular flexibility index (Phi) is 3.34. The lowest BCUT2D eigenvalue weighted by atomic mass is 9.90. The average molecular weight is 289 g/mol. The molecule has 110 valence electrons. The number of amides is 1. The third-order valence-electron chi connectivity index (χ3n) is 3.78. The fraction of sp³-hybridized carbons (Fsp3) is 0.357. The number of nitrogens with one attached hydrogen (secondary N) is 1. The van der Waals surface area contributed by atoms with Crippen molar-refractivity contribution in [3.63, 3.8) is 0 Å². The van der Waals surface area contributed by atoms with Gasteiger partial charge in [0.15, 0.2) is 0 Å². The van der Waals surface area contributed by atoms with Crippen molar-refractivity contribution in [1.82, 2.24) is 14.9 Å². The van der Waals surface area contributed by atoms with E-state index < -0.39 is 17.4 Å². The largest absolute Gasteiger partial charge is 0.480 e. The zero-order valence-electron chi connectivity index (χ0n) is 11.3. The second kappa shape index (κ2) is 5.17. The van der Waals surface area contributed by atoms with Crippen LogP contribution in [0.2, 0.25) is 0 Å². The summed E-state index contributed by atoms with van der Waals surface area (Å²) in [5.41, 5.74) is -0.261. The Labute approximate surface area is 120 Å². The standard InChI is InChI=1S/C14H15N3O4/c18-12(10-9-15-17-6-2-1-3-11(10)17)16-14(13(19)20)4-7-21-8-5-14/h1-3,6,9H,4-5,7-8H2,(H,16,18)(H,19,20). The predicted molar refractivity (Wildman–Crippen MR) is 73.1 cm³/mol. The number of aliphatic carboxylic acids is 1. The zero-order chi connectivity index (χ0) is 14.9. The van der Waals surface area contributed by atoms with Gasteiger partial charge in [0.05, 0.1) is 17.3 Å². The van der Waals surface area contributed by atoms with Crippen molar-refractivity contribution in [3.8, 4) is 0 Å². The summed E-state index contributed by atoms with van der Waals surface area (Å²) in [7, 11) is 0. The number of carbonyl (C=O) groups is 2. The van der Waals surface area contributed by atoms with Gasteiger partial charge in [-0.25, -0.2) is 9.31 Å². The van der Waals surface area contributed by atoms with Crippen molar-refractivity contribution < 1.29 is 19.4 Å². The smallest absolute Gasteiger partial charge is 0.329 e. The molecule has 0 unspecified atom stereocenters. The first-order chi connectivity index (χ1) is 10.1. The van der Waals surface area contributed by atoms with Gasteiger partial charge < -0.3 is 15.2 Å². The van der Waals surface area contributed by atoms with Crippen LogP contribution in [0.3, 0.4) is 0 Å². The minimum Gasteiger partial charge on any atom is -0.480 e. The van der Waals surface area contributed by atoms with Gasteiger partial charge in [-0.05, 0) is 12.1 Å². The van der Waals surface area contributed by atoms with Crippen LogP contribution in [0.5, 0.6) is 0 Å². The summed E-state index contributed by atoms with van der Waals surface area (Å²) in [5.74, 6) is -1.46. The molecule has 1 fully saturated rings. The Balaban J connectivity index is 1.89. The van der Waals surface area contributed by atoms with Crippen LogP contribution in [0.25, 0.3) is 5.52 Å². The number of ether oxygens (including phenoxy) is 1. The molecular weight excluding hydrogens is 274 g/mol. The van der Waals surface area contributed by atoms with E-state index in [1.54, 1.807) is 28.9 Å². The molecule has 0 saturated carbocycles. The van der Waals surface area contributed by atoms with Crippen LogP contribution in [0.15, 0.2) is 30.6 Å². The molecule has 1 aliphatic heterocycles. The minimum atomic E-state index is -1.27. The molecule has 3 rings (SSSR count). The predicted octanol–water partition coefficient (Wildman–Crippen LogP) is 0.698. The summed E-state index contributed by atoms with van der Waals surface area (Å²) < 4.78 is 6.76. The third-order valence-corrected chi connectivity index (χ3v) is 3.78. The Morgan fingerprint density at radius 1 is 1.33 bits per heavy atom. The quantitative estimate of drug-likeness (QED) is 0.867. The van der Waals surface area contributed by atoms with Crippen LogP contribution >= 0.6 is 0 Å². The van der Waals surface area contributed by atoms with Crippen molar-refractivity contribution in [3.05, 3.63) is 36.2 Å². The fourth-order valence-electron chi connectivity index (χ4n) is 2.51. The summed E-state index contributed by atoms with van der Waals surface area (Å²) in [6, 6.07) is 5.37. The van der Waals surface area contributed by atoms with E-state index in [0.717, 1.165) is 0 Å². The van der Waals surface area contributed by atoms with Gasteiger partial charge in [0.2, 0.25) is 0 Å². The Hall–Kier alpha value is -2.41. The molecule has 1 amide bonds. The van der Waals surface area contributed by atoms with E-state index in [1.165, 1.54) is 6.20 Å². The zero-order valence-corrected chi connectivity index (χ0v) is 11.3. The van der Waals surface area contributed by atoms with Gasteiger partial charge >= 0.3 is 5.97 Å². The number of nitrogens with zero attached hydrogens (tertiary/aromatic N) is 2. The molecule has 2 aromatic heterocycles. The van der Waals surface area contributed by atoms with Gasteiger partial charge in [-0.15, -0.1) is 0 Å². The number of fused-ring (bicyclic) bond motifs is 1. The Morgan fingerprint density at radius 3 is 2.81 bits per heavy atom. The van der Waals surface area contributed by atoms with Gasteiger partial charge in [0.1, 0.15) is 5.54 Å². The van der Waals surface area contributed by atoms with Crippen LogP contribution in [0, 0.1) is 0 Å². The van der Waals surface area contributed by atoms with E-state index in [9.17, 15) is 14.7 Å². The Morgan fingerprint density at radius 2 is 2.10 bits per heavy atom. The van der Waals surface area contributed by atoms with Crippen molar-refractivity contribution in [2.45, 2.75) is 18.4 Å². The molecule has 0 aromatic carbocycles. The highest BCUT2D eigenvalue weighted by Gasteiger charge is 2.42. The monoisotopic (exact) mass is 289 g/mol. The number of hydrogen-bond donors (Lipinski definition) is 2. The molecule has 3 heterocycles. The lowest BCUT2D eigenvalue weighted by Gasteiger charge is -2.33. The van der Waals surface area contributed by atoms with Crippen molar-refractivity contribution in [2.75, 3.05) is 13.2 Å². The number of carbonyl (C=O) groups excluding carboxylic acids is 1. The molecule has 7 nitrogen and oxygen atoms in total. The second-order valence-electron chi connectivity index (χ2n) is 5.04. The first kappa shape index (κ1) is 13.6. The SMILES string of the molecule is O=C(NC1(C(=O)O)CCOCC1)c1cnn2ccccc12. The lowest BCUT2D eigenvalue weighted by Crippen LogP contribution is -2.57. The van der Waals surface area contributed by atoms with Gasteiger partial charge in [0, 0.05) is 32.3 Å². The molecule has 1 aliphatic rings. The van der Waals surface area contributed by atoms with E-state index in [0.29, 0.717) is 24.3 Å². The van der Waals surface area contributed by atoms with E-state index in [1.807, 2.05) is 0 Å². The van der Waals surface area contributed by atoms with Crippen LogP contribution in [0.4, 0.5) is 0 Å². The number of aromatic nitrogens is 2. The van der Waals surface area contributed by atoms with Crippen LogP contribution < -0.4 is 5.32 Å². The summed E-state index contributed by atoms with van der Waals surface area (Å²) in [6.45, 7) is 0.642. The van der Waals surface area contributed by atoms with Crippen LogP contribution in [0.1, 0.15) is 23.2 Å². The van der Waals surface area contributed by atoms with Crippen molar-refractivity contribution >= 4 is 17.4 Å². The molecule has 2 aromatic rings. The highest BCUT2D eigenvalue weighted by Crippen LogP contribution is 2.22. The summed E-state index contributed by atoms with van der Waals surface area (Å²) in [4.78, 5) is 24.0. The first-order valence-corrected chi connectivity index (χ1v) is 6.68. The van der Waals surface area contributed by atoms with Crippen LogP contribution in [-0.4, -0.2) is 45.3 Å². The summed E-state index contributed by atoms with van der Waals surface area (Å²) in [6.07, 6.45) is 3.69. The van der Waals surface area contributed by atoms with E-state index in [-0.39, 0.29) is 12.8 Å². The molecule has 0 bridgehead atoms. The van der Waals surface area contributed by atoms with E-state index >= 15 is 0 Å². The van der Waals surface area contributed by atoms with Gasteiger partial charge in [-0.3, -0.25) is 4.79 Å². The highest BCUT2D eigenvalue weighted by atomic mass is 16.5. The van der Waals surface area contributed by atoms with Crippen molar-refractivity contribution in [1.29, 1.82) is 0 Å². The molecule has 21 heavy (non-hydrogen) atoms. The molecule has 0 atom stereocenters. The molecule has 1 saturated heterocycles.